The molecule has 0 aromatic carbocycles. The highest BCUT2D eigenvalue weighted by atomic mass is 32.3. The van der Waals surface area contributed by atoms with Gasteiger partial charge in [-0.15, -0.1) is 0 Å². The molecular weight excluding hydrogens is 1270 g/mol. The topological polar surface area (TPSA) is 478 Å². The highest BCUT2D eigenvalue weighted by Crippen LogP contribution is 2.68. The first-order valence-corrected chi connectivity index (χ1v) is 34.4. The van der Waals surface area contributed by atoms with E-state index in [9.17, 15) is 89.6 Å². The fourth-order valence-corrected chi connectivity index (χ4v) is 17.3. The van der Waals surface area contributed by atoms with Crippen LogP contribution in [0.5, 0.6) is 0 Å². The normalized spacial score (nSPS) is 51.6. The van der Waals surface area contributed by atoms with E-state index < -0.39 is 231 Å². The van der Waals surface area contributed by atoms with E-state index in [0.29, 0.717) is 32.1 Å². The van der Waals surface area contributed by atoms with Crippen molar-refractivity contribution in [1.29, 1.82) is 0 Å². The van der Waals surface area contributed by atoms with Crippen molar-refractivity contribution in [3.63, 3.8) is 0 Å². The molecule has 0 bridgehead atoms. The molecule has 6 saturated heterocycles. The number of fused-ring (bicyclic) bond motifs is 5. The Kier molecular flexibility index (Phi) is 23.4. The Bertz CT molecular complexity index is 2690. The zero-order valence-corrected chi connectivity index (χ0v) is 55.0. The molecule has 4 aliphatic carbocycles. The summed E-state index contributed by atoms with van der Waals surface area (Å²) in [4.78, 5) is 0. The Labute approximate surface area is 546 Å². The van der Waals surface area contributed by atoms with E-state index in [-0.39, 0.29) is 41.9 Å². The first-order valence-electron chi connectivity index (χ1n) is 33.0. The van der Waals surface area contributed by atoms with Gasteiger partial charge in [-0.3, -0.25) is 4.55 Å². The van der Waals surface area contributed by atoms with Crippen LogP contribution in [0, 0.1) is 40.4 Å². The largest absolute Gasteiger partial charge is 0.397 e. The molecule has 0 amide bonds. The average molecular weight is 1380 g/mol. The fraction of sp³-hybridized carbons (Fsp3) is 0.935. The Hall–Kier alpha value is -1.73. The molecule has 31 nitrogen and oxygen atoms in total. The highest BCUT2D eigenvalue weighted by molar-refractivity contribution is 7.80. The lowest BCUT2D eigenvalue weighted by Gasteiger charge is -2.60. The second kappa shape index (κ2) is 29.3. The molecule has 0 spiro atoms. The van der Waals surface area contributed by atoms with Crippen molar-refractivity contribution in [2.24, 2.45) is 40.4 Å². The summed E-state index contributed by atoms with van der Waals surface area (Å²) in [6, 6.07) is 0. The minimum atomic E-state index is -4.88. The van der Waals surface area contributed by atoms with E-state index >= 15 is 0 Å². The summed E-state index contributed by atoms with van der Waals surface area (Å²) in [6.45, 7) is 16.8. The van der Waals surface area contributed by atoms with Crippen LogP contribution >= 0.6 is 0 Å². The Morgan fingerprint density at radius 2 is 1.15 bits per heavy atom. The molecule has 6 heterocycles. The summed E-state index contributed by atoms with van der Waals surface area (Å²) in [5.41, 5.74) is 0.262. The molecule has 542 valence electrons. The summed E-state index contributed by atoms with van der Waals surface area (Å²) in [6.07, 6.45) is -43.3. The van der Waals surface area contributed by atoms with Gasteiger partial charge in [0.05, 0.1) is 55.9 Å². The molecule has 3 saturated carbocycles. The number of hydrogen-bond acceptors (Lipinski definition) is 30. The van der Waals surface area contributed by atoms with Gasteiger partial charge in [0.1, 0.15) is 116 Å². The first-order chi connectivity index (χ1) is 44.0. The van der Waals surface area contributed by atoms with Crippen LogP contribution in [-0.4, -0.2) is 299 Å². The zero-order chi connectivity index (χ0) is 68.7. The third kappa shape index (κ3) is 14.8. The maximum absolute atomic E-state index is 12.5. The second-order valence-corrected chi connectivity index (χ2v) is 30.1. The Morgan fingerprint density at radius 3 is 1.80 bits per heavy atom. The van der Waals surface area contributed by atoms with Crippen LogP contribution in [0.4, 0.5) is 0 Å². The van der Waals surface area contributed by atoms with Crippen molar-refractivity contribution in [3.05, 3.63) is 23.8 Å². The van der Waals surface area contributed by atoms with Crippen LogP contribution in [-0.2, 0) is 71.4 Å². The van der Waals surface area contributed by atoms with E-state index in [4.69, 9.17) is 61.0 Å². The van der Waals surface area contributed by atoms with E-state index in [1.807, 2.05) is 6.92 Å². The van der Waals surface area contributed by atoms with Crippen molar-refractivity contribution in [3.8, 4) is 0 Å². The van der Waals surface area contributed by atoms with Crippen molar-refractivity contribution in [2.45, 2.75) is 303 Å². The summed E-state index contributed by atoms with van der Waals surface area (Å²) in [5, 5.41) is 168. The Balaban J connectivity index is 0.891. The van der Waals surface area contributed by atoms with Crippen molar-refractivity contribution < 1.29 is 151 Å². The standard InChI is InChI=1S/C62H102O31S/c1-23(2)24(3)12-17-62(9,77)37-11-10-30-29-19-34(32-18-28(93-94(78,79)80)13-15-60(32,7)31(29)14-16-61(30,37)8)86-57-49(76)51(40(67)27(6)84-57)90-58-52(92-55-46(73)43(70)38(65)25(4)83-55)42(69)36(22-82-58)88-59-53(45(72)39(66)26(5)85-59)91-54-48(75)50(33(64)21-81-54)89-56-47(74)44(71)41(68)35(20-63)87-56/h14,23,25-30,32-59,63-77H,3,10-13,15-22H2,1-2,4-9H3,(H,78,79,80). The molecule has 0 radical (unpaired) electrons. The minimum Gasteiger partial charge on any atom is -0.394 e. The zero-order valence-electron chi connectivity index (χ0n) is 54.2. The van der Waals surface area contributed by atoms with Crippen molar-refractivity contribution >= 4 is 10.4 Å². The molecule has 0 aromatic rings. The predicted octanol–water partition coefficient (Wildman–Crippen LogP) is -3.23. The van der Waals surface area contributed by atoms with Gasteiger partial charge in [-0.1, -0.05) is 51.5 Å². The third-order valence-electron chi connectivity index (χ3n) is 22.6. The molecule has 32 heteroatoms. The lowest BCUT2D eigenvalue weighted by molar-refractivity contribution is -0.398. The quantitative estimate of drug-likeness (QED) is 0.0421. The maximum atomic E-state index is 12.5. The monoisotopic (exact) mass is 1370 g/mol. The van der Waals surface area contributed by atoms with Crippen LogP contribution in [0.25, 0.3) is 0 Å². The average Bonchev–Trinajstić information content (AvgIpc) is 1.34. The predicted molar refractivity (Wildman–Crippen MR) is 316 cm³/mol. The molecule has 10 aliphatic rings. The van der Waals surface area contributed by atoms with Gasteiger partial charge in [0.2, 0.25) is 0 Å². The lowest BCUT2D eigenvalue weighted by Crippen LogP contribution is -2.67. The first kappa shape index (κ1) is 74.9. The molecule has 94 heavy (non-hydrogen) atoms. The van der Waals surface area contributed by atoms with Gasteiger partial charge < -0.3 is 133 Å². The highest BCUT2D eigenvalue weighted by Gasteiger charge is 2.64. The molecular formula is C62H102O31S. The van der Waals surface area contributed by atoms with Crippen molar-refractivity contribution in [1.82, 2.24) is 0 Å². The summed E-state index contributed by atoms with van der Waals surface area (Å²) >= 11 is 0. The number of aliphatic hydroxyl groups is 15. The third-order valence-corrected chi connectivity index (χ3v) is 23.1. The maximum Gasteiger partial charge on any atom is 0.397 e. The molecule has 0 aromatic heterocycles. The fourth-order valence-electron chi connectivity index (χ4n) is 16.8. The number of aliphatic hydroxyl groups excluding tert-OH is 14. The van der Waals surface area contributed by atoms with Crippen LogP contribution < -0.4 is 0 Å². The van der Waals surface area contributed by atoms with Crippen LogP contribution in [0.15, 0.2) is 23.8 Å². The van der Waals surface area contributed by atoms with Crippen LogP contribution in [0.2, 0.25) is 0 Å². The summed E-state index contributed by atoms with van der Waals surface area (Å²) in [7, 11) is -4.88. The van der Waals surface area contributed by atoms with Gasteiger partial charge in [0, 0.05) is 0 Å². The molecule has 10 rings (SSSR count). The molecule has 9 fully saturated rings. The Morgan fingerprint density at radius 1 is 0.606 bits per heavy atom. The number of rotatable bonds is 20. The molecule has 6 aliphatic heterocycles. The second-order valence-electron chi connectivity index (χ2n) is 29.0. The van der Waals surface area contributed by atoms with Crippen molar-refractivity contribution in [2.75, 3.05) is 19.8 Å². The SMILES string of the molecule is C=C(CCC(C)(O)C1CCC2C3CC(OC4OC(C)C(O)C(OC5OCC(OC6OC(C)C(O)C(O)C6OC6OCC(O)C(OC7OC(CO)C(O)C(O)C7O)C6O)C(O)C5OC5OC(C)C(O)C(O)C5O)C4O)C4CC(OS(=O)(=O)O)CCC4(C)C3=CCC21C)C(C)C. The van der Waals surface area contributed by atoms with Gasteiger partial charge in [-0.25, -0.2) is 4.18 Å². The molecule has 37 unspecified atom stereocenters. The van der Waals surface area contributed by atoms with E-state index in [2.05, 4.69) is 40.3 Å². The van der Waals surface area contributed by atoms with Crippen LogP contribution in [0.1, 0.15) is 113 Å². The van der Waals surface area contributed by atoms with Gasteiger partial charge in [-0.2, -0.15) is 8.42 Å². The van der Waals surface area contributed by atoms with Gasteiger partial charge in [-0.05, 0) is 126 Å². The van der Waals surface area contributed by atoms with E-state index in [1.165, 1.54) is 26.3 Å². The van der Waals surface area contributed by atoms with Gasteiger partial charge in [0.15, 0.2) is 37.7 Å². The van der Waals surface area contributed by atoms with E-state index in [0.717, 1.165) is 18.4 Å². The molecule has 37 atom stereocenters. The van der Waals surface area contributed by atoms with Gasteiger partial charge >= 0.3 is 10.4 Å². The smallest absolute Gasteiger partial charge is 0.394 e. The van der Waals surface area contributed by atoms with Gasteiger partial charge in [0.25, 0.3) is 0 Å². The number of allylic oxidation sites excluding steroid dienone is 3. The summed E-state index contributed by atoms with van der Waals surface area (Å²) < 4.78 is 112. The number of ether oxygens (including phenoxy) is 12. The summed E-state index contributed by atoms with van der Waals surface area (Å²) in [5.74, 6) is -0.331. The van der Waals surface area contributed by atoms with E-state index in [1.54, 1.807) is 0 Å². The lowest BCUT2D eigenvalue weighted by atomic mass is 9.47. The number of hydrogen-bond donors (Lipinski definition) is 16. The minimum absolute atomic E-state index is 0.0706. The molecule has 16 N–H and O–H groups in total. The van der Waals surface area contributed by atoms with Crippen LogP contribution in [0.3, 0.4) is 0 Å².